The third kappa shape index (κ3) is 2.46. The molecule has 0 heterocycles. The minimum atomic E-state index is -1.24. The molecule has 0 fully saturated rings. The highest BCUT2D eigenvalue weighted by Gasteiger charge is 2.22. The smallest absolute Gasteiger partial charge is 0.305 e. The summed E-state index contributed by atoms with van der Waals surface area (Å²) in [6.45, 7) is 0. The van der Waals surface area contributed by atoms with Crippen molar-refractivity contribution in [2.75, 3.05) is 7.11 Å². The van der Waals surface area contributed by atoms with Gasteiger partial charge in [-0.25, -0.2) is 8.78 Å². The highest BCUT2D eigenvalue weighted by atomic mass is 19.1. The summed E-state index contributed by atoms with van der Waals surface area (Å²) in [7, 11) is 1.23. The van der Waals surface area contributed by atoms with Crippen molar-refractivity contribution < 1.29 is 23.4 Å². The van der Waals surface area contributed by atoms with Crippen molar-refractivity contribution in [1.29, 1.82) is 0 Å². The molecule has 0 amide bonds. The number of halogens is 2. The van der Waals surface area contributed by atoms with Crippen LogP contribution in [-0.2, 0) is 4.79 Å². The van der Waals surface area contributed by atoms with Crippen molar-refractivity contribution in [3.8, 4) is 5.75 Å². The zero-order valence-electron chi connectivity index (χ0n) is 8.54. The van der Waals surface area contributed by atoms with Gasteiger partial charge in [0.05, 0.1) is 13.5 Å². The standard InChI is InChI=1S/C10H11F2NO3/c1-16-7-3-2-5(11)9(10(7)12)6(13)4-8(14)15/h2-3,6H,4,13H2,1H3,(H,14,15)/t6-/m1/s1. The number of hydrogen-bond donors (Lipinski definition) is 2. The van der Waals surface area contributed by atoms with Gasteiger partial charge in [0.25, 0.3) is 0 Å². The van der Waals surface area contributed by atoms with Gasteiger partial charge in [0.15, 0.2) is 11.6 Å². The van der Waals surface area contributed by atoms with E-state index in [1.165, 1.54) is 7.11 Å². The van der Waals surface area contributed by atoms with E-state index in [2.05, 4.69) is 4.74 Å². The summed E-state index contributed by atoms with van der Waals surface area (Å²) in [5, 5.41) is 8.50. The van der Waals surface area contributed by atoms with Crippen LogP contribution < -0.4 is 10.5 Å². The monoisotopic (exact) mass is 231 g/mol. The number of hydrogen-bond acceptors (Lipinski definition) is 3. The number of carbonyl (C=O) groups is 1. The van der Waals surface area contributed by atoms with Gasteiger partial charge < -0.3 is 15.6 Å². The molecular formula is C10H11F2NO3. The molecule has 1 aromatic carbocycles. The molecule has 0 saturated carbocycles. The molecule has 3 N–H and O–H groups in total. The predicted octanol–water partition coefficient (Wildman–Crippen LogP) is 1.45. The number of aliphatic carboxylic acids is 1. The van der Waals surface area contributed by atoms with Crippen molar-refractivity contribution in [3.05, 3.63) is 29.3 Å². The quantitative estimate of drug-likeness (QED) is 0.822. The van der Waals surface area contributed by atoms with Crippen LogP contribution in [0.2, 0.25) is 0 Å². The van der Waals surface area contributed by atoms with Gasteiger partial charge in [-0.1, -0.05) is 0 Å². The Kier molecular flexibility index (Phi) is 3.78. The third-order valence-electron chi connectivity index (χ3n) is 2.08. The van der Waals surface area contributed by atoms with Crippen molar-refractivity contribution in [3.63, 3.8) is 0 Å². The number of methoxy groups -OCH3 is 1. The molecule has 0 aliphatic rings. The van der Waals surface area contributed by atoms with Gasteiger partial charge >= 0.3 is 5.97 Å². The molecule has 16 heavy (non-hydrogen) atoms. The lowest BCUT2D eigenvalue weighted by Crippen LogP contribution is -2.18. The van der Waals surface area contributed by atoms with Crippen LogP contribution in [0.25, 0.3) is 0 Å². The predicted molar refractivity (Wildman–Crippen MR) is 52.1 cm³/mol. The highest BCUT2D eigenvalue weighted by Crippen LogP contribution is 2.28. The van der Waals surface area contributed by atoms with Crippen molar-refractivity contribution in [2.45, 2.75) is 12.5 Å². The molecule has 0 aromatic heterocycles. The van der Waals surface area contributed by atoms with E-state index in [-0.39, 0.29) is 5.75 Å². The van der Waals surface area contributed by atoms with Crippen molar-refractivity contribution in [2.24, 2.45) is 5.73 Å². The lowest BCUT2D eigenvalue weighted by molar-refractivity contribution is -0.137. The molecule has 0 bridgehead atoms. The van der Waals surface area contributed by atoms with Gasteiger partial charge in [0, 0.05) is 11.6 Å². The zero-order valence-corrected chi connectivity index (χ0v) is 8.54. The van der Waals surface area contributed by atoms with E-state index in [1.54, 1.807) is 0 Å². The first kappa shape index (κ1) is 12.4. The Morgan fingerprint density at radius 3 is 2.69 bits per heavy atom. The van der Waals surface area contributed by atoms with Crippen LogP contribution in [0.15, 0.2) is 12.1 Å². The fourth-order valence-corrected chi connectivity index (χ4v) is 1.34. The summed E-state index contributed by atoms with van der Waals surface area (Å²) in [6, 6.07) is 0.855. The van der Waals surface area contributed by atoms with E-state index in [9.17, 15) is 13.6 Å². The largest absolute Gasteiger partial charge is 0.494 e. The molecule has 0 unspecified atom stereocenters. The maximum atomic E-state index is 13.6. The molecule has 4 nitrogen and oxygen atoms in total. The second kappa shape index (κ2) is 4.89. The molecule has 1 rings (SSSR count). The van der Waals surface area contributed by atoms with Crippen molar-refractivity contribution >= 4 is 5.97 Å². The van der Waals surface area contributed by atoms with E-state index < -0.39 is 35.6 Å². The normalized spacial score (nSPS) is 12.2. The molecule has 0 aliphatic carbocycles. The average molecular weight is 231 g/mol. The number of carboxylic acids is 1. The molecule has 1 atom stereocenters. The van der Waals surface area contributed by atoms with Crippen LogP contribution in [0.1, 0.15) is 18.0 Å². The Morgan fingerprint density at radius 2 is 2.19 bits per heavy atom. The Bertz CT molecular complexity index is 409. The molecule has 0 spiro atoms. The summed E-state index contributed by atoms with van der Waals surface area (Å²) in [6.07, 6.45) is -0.555. The van der Waals surface area contributed by atoms with Crippen LogP contribution in [-0.4, -0.2) is 18.2 Å². The highest BCUT2D eigenvalue weighted by molar-refractivity contribution is 5.68. The van der Waals surface area contributed by atoms with Gasteiger partial charge in [-0.05, 0) is 12.1 Å². The second-order valence-corrected chi connectivity index (χ2v) is 3.18. The van der Waals surface area contributed by atoms with Gasteiger partial charge in [0.2, 0.25) is 0 Å². The summed E-state index contributed by atoms with van der Waals surface area (Å²) >= 11 is 0. The molecule has 0 aliphatic heterocycles. The minimum Gasteiger partial charge on any atom is -0.494 e. The lowest BCUT2D eigenvalue weighted by atomic mass is 10.0. The van der Waals surface area contributed by atoms with E-state index in [0.29, 0.717) is 0 Å². The van der Waals surface area contributed by atoms with Crippen LogP contribution in [0.3, 0.4) is 0 Å². The van der Waals surface area contributed by atoms with E-state index in [0.717, 1.165) is 12.1 Å². The van der Waals surface area contributed by atoms with Crippen molar-refractivity contribution in [1.82, 2.24) is 0 Å². The Balaban J connectivity index is 3.15. The maximum Gasteiger partial charge on any atom is 0.305 e. The van der Waals surface area contributed by atoms with Crippen LogP contribution in [0.4, 0.5) is 8.78 Å². The number of benzene rings is 1. The van der Waals surface area contributed by atoms with Gasteiger partial charge in [-0.15, -0.1) is 0 Å². The summed E-state index contributed by atoms with van der Waals surface area (Å²) in [4.78, 5) is 10.4. The third-order valence-corrected chi connectivity index (χ3v) is 2.08. The lowest BCUT2D eigenvalue weighted by Gasteiger charge is -2.13. The van der Waals surface area contributed by atoms with Gasteiger partial charge in [-0.3, -0.25) is 4.79 Å². The van der Waals surface area contributed by atoms with E-state index in [4.69, 9.17) is 10.8 Å². The molecule has 1 aromatic rings. The Morgan fingerprint density at radius 1 is 1.56 bits per heavy atom. The molecule has 0 saturated heterocycles. The molecule has 0 radical (unpaired) electrons. The van der Waals surface area contributed by atoms with Crippen LogP contribution in [0, 0.1) is 11.6 Å². The fourth-order valence-electron chi connectivity index (χ4n) is 1.34. The topological polar surface area (TPSA) is 72.5 Å². The first-order chi connectivity index (χ1) is 7.47. The van der Waals surface area contributed by atoms with Gasteiger partial charge in [0.1, 0.15) is 5.82 Å². The Labute approximate surface area is 90.6 Å². The van der Waals surface area contributed by atoms with Gasteiger partial charge in [-0.2, -0.15) is 0 Å². The molecule has 6 heteroatoms. The average Bonchev–Trinajstić information content (AvgIpc) is 2.16. The summed E-state index contributed by atoms with van der Waals surface area (Å²) in [5.74, 6) is -3.24. The number of rotatable bonds is 4. The first-order valence-corrected chi connectivity index (χ1v) is 4.46. The molecule has 88 valence electrons. The fraction of sp³-hybridized carbons (Fsp3) is 0.300. The van der Waals surface area contributed by atoms with Crippen LogP contribution >= 0.6 is 0 Å². The van der Waals surface area contributed by atoms with Crippen LogP contribution in [0.5, 0.6) is 5.75 Å². The molecular weight excluding hydrogens is 220 g/mol. The zero-order chi connectivity index (χ0) is 12.3. The SMILES string of the molecule is COc1ccc(F)c([C@H](N)CC(=O)O)c1F. The number of ether oxygens (including phenoxy) is 1. The second-order valence-electron chi connectivity index (χ2n) is 3.18. The number of nitrogens with two attached hydrogens (primary N) is 1. The maximum absolute atomic E-state index is 13.6. The van der Waals surface area contributed by atoms with E-state index in [1.807, 2.05) is 0 Å². The number of carboxylic acid groups (broad SMARTS) is 1. The summed E-state index contributed by atoms with van der Waals surface area (Å²) in [5.41, 5.74) is 4.93. The summed E-state index contributed by atoms with van der Waals surface area (Å²) < 4.78 is 31.5. The van der Waals surface area contributed by atoms with E-state index >= 15 is 0 Å². The first-order valence-electron chi connectivity index (χ1n) is 4.46. The Hall–Kier alpha value is -1.69. The minimum absolute atomic E-state index is 0.169.